The molecule has 0 aliphatic carbocycles. The molecular formula is C11H24BBrN2OS. The number of hydrogen-bond acceptors (Lipinski definition) is 4. The number of halogens is 1. The number of rotatable bonds is 8. The molecule has 0 aliphatic heterocycles. The monoisotopic (exact) mass is 322 g/mol. The third kappa shape index (κ3) is 16.3. The Bertz CT molecular complexity index is 216. The van der Waals surface area contributed by atoms with Gasteiger partial charge in [0.15, 0.2) is 0 Å². The molecule has 0 aromatic rings. The van der Waals surface area contributed by atoms with Crippen LogP contribution < -0.4 is 5.73 Å². The fraction of sp³-hybridized carbons (Fsp3) is 0.909. The van der Waals surface area contributed by atoms with Gasteiger partial charge in [0.25, 0.3) is 0 Å². The van der Waals surface area contributed by atoms with Gasteiger partial charge in [0, 0.05) is 11.3 Å². The molecule has 0 heterocycles. The first kappa shape index (κ1) is 19.7. The van der Waals surface area contributed by atoms with Gasteiger partial charge in [0.2, 0.25) is 0 Å². The summed E-state index contributed by atoms with van der Waals surface area (Å²) >= 11 is 7.27. The van der Waals surface area contributed by atoms with E-state index in [2.05, 4.69) is 42.4 Å². The third-order valence-electron chi connectivity index (χ3n) is 2.22. The third-order valence-corrected chi connectivity index (χ3v) is 3.34. The second-order valence-corrected chi connectivity index (χ2v) is 5.46. The van der Waals surface area contributed by atoms with E-state index in [-0.39, 0.29) is 11.1 Å². The Hall–Kier alpha value is 0.325. The van der Waals surface area contributed by atoms with Crippen LogP contribution in [0.4, 0.5) is 0 Å². The zero-order valence-corrected chi connectivity index (χ0v) is 13.3. The molecule has 1 unspecified atom stereocenters. The Kier molecular flexibility index (Phi) is 14.8. The molecule has 0 aromatic carbocycles. The maximum absolute atomic E-state index is 9.65. The normalized spacial score (nSPS) is 13.0. The van der Waals surface area contributed by atoms with Gasteiger partial charge in [0.1, 0.15) is 0 Å². The van der Waals surface area contributed by atoms with Crippen molar-refractivity contribution in [2.75, 3.05) is 11.1 Å². The molecule has 0 saturated heterocycles. The summed E-state index contributed by atoms with van der Waals surface area (Å²) in [5.41, 5.74) is 5.99. The summed E-state index contributed by atoms with van der Waals surface area (Å²) in [5.74, 6) is 0.788. The fourth-order valence-electron chi connectivity index (χ4n) is 1.02. The molecule has 100 valence electrons. The van der Waals surface area contributed by atoms with Crippen molar-refractivity contribution in [3.05, 3.63) is 0 Å². The van der Waals surface area contributed by atoms with E-state index in [0.717, 1.165) is 12.2 Å². The van der Waals surface area contributed by atoms with Gasteiger partial charge in [-0.1, -0.05) is 26.2 Å². The van der Waals surface area contributed by atoms with Crippen molar-refractivity contribution >= 4 is 41.3 Å². The molecule has 3 nitrogen and oxygen atoms in total. The Labute approximate surface area is 120 Å². The summed E-state index contributed by atoms with van der Waals surface area (Å²) in [7, 11) is 0.557. The predicted molar refractivity (Wildman–Crippen MR) is 83.2 cm³/mol. The van der Waals surface area contributed by atoms with Crippen molar-refractivity contribution in [1.29, 1.82) is 5.41 Å². The molecule has 0 fully saturated rings. The number of nitrogens with one attached hydrogen (secondary N) is 1. The van der Waals surface area contributed by atoms with Crippen LogP contribution >= 0.6 is 28.6 Å². The van der Waals surface area contributed by atoms with Gasteiger partial charge in [-0.25, -0.2) is 0 Å². The van der Waals surface area contributed by atoms with Crippen LogP contribution in [0.1, 0.15) is 46.0 Å². The SMILES string of the molecule is CCCCCC(C)(N)CS.N=C(B=O)CCBr. The quantitative estimate of drug-likeness (QED) is 0.211. The Balaban J connectivity index is 0. The molecule has 3 N–H and O–H groups in total. The van der Waals surface area contributed by atoms with Crippen LogP contribution in [0.25, 0.3) is 0 Å². The van der Waals surface area contributed by atoms with Gasteiger partial charge in [-0.15, -0.1) is 0 Å². The average Bonchev–Trinajstić information content (AvgIpc) is 2.30. The second-order valence-electron chi connectivity index (χ2n) is 4.35. The van der Waals surface area contributed by atoms with E-state index >= 15 is 0 Å². The van der Waals surface area contributed by atoms with Crippen molar-refractivity contribution in [1.82, 2.24) is 0 Å². The van der Waals surface area contributed by atoms with Crippen molar-refractivity contribution in [3.8, 4) is 0 Å². The van der Waals surface area contributed by atoms with Crippen molar-refractivity contribution in [2.24, 2.45) is 5.73 Å². The summed E-state index contributed by atoms with van der Waals surface area (Å²) in [6.45, 7) is 4.27. The van der Waals surface area contributed by atoms with E-state index in [9.17, 15) is 4.70 Å². The number of unbranched alkanes of at least 4 members (excludes halogenated alkanes) is 2. The summed E-state index contributed by atoms with van der Waals surface area (Å²) in [5, 5.41) is 7.44. The van der Waals surface area contributed by atoms with Crippen molar-refractivity contribution < 1.29 is 4.70 Å². The van der Waals surface area contributed by atoms with Crippen LogP contribution in [0, 0.1) is 5.41 Å². The summed E-state index contributed by atoms with van der Waals surface area (Å²) in [6, 6.07) is 0. The van der Waals surface area contributed by atoms with Gasteiger partial charge in [-0.3, -0.25) is 0 Å². The van der Waals surface area contributed by atoms with Gasteiger partial charge < -0.3 is 5.73 Å². The number of hydrogen-bond donors (Lipinski definition) is 3. The van der Waals surface area contributed by atoms with Gasteiger partial charge >= 0.3 is 50.6 Å². The van der Waals surface area contributed by atoms with Crippen LogP contribution in [-0.2, 0) is 4.70 Å². The van der Waals surface area contributed by atoms with E-state index in [0.29, 0.717) is 18.9 Å². The van der Waals surface area contributed by atoms with Crippen LogP contribution in [0.5, 0.6) is 0 Å². The van der Waals surface area contributed by atoms with E-state index in [1.165, 1.54) is 19.3 Å². The molecule has 0 saturated carbocycles. The minimum absolute atomic E-state index is 0.0434. The molecule has 0 aliphatic rings. The van der Waals surface area contributed by atoms with Gasteiger partial charge in [0.05, 0.1) is 0 Å². The van der Waals surface area contributed by atoms with Crippen molar-refractivity contribution in [3.63, 3.8) is 0 Å². The minimum atomic E-state index is -0.0434. The van der Waals surface area contributed by atoms with Crippen LogP contribution in [0.2, 0.25) is 0 Å². The number of nitrogens with two attached hydrogens (primary N) is 1. The molecule has 6 heteroatoms. The molecule has 0 rings (SSSR count). The zero-order valence-electron chi connectivity index (χ0n) is 10.8. The van der Waals surface area contributed by atoms with E-state index in [1.807, 2.05) is 0 Å². The predicted octanol–water partition coefficient (Wildman–Crippen LogP) is 3.01. The van der Waals surface area contributed by atoms with Crippen LogP contribution in [0.3, 0.4) is 0 Å². The summed E-state index contributed by atoms with van der Waals surface area (Å²) in [6.07, 6.45) is 5.43. The molecule has 0 radical (unpaired) electrons. The van der Waals surface area contributed by atoms with Crippen LogP contribution in [-0.4, -0.2) is 29.4 Å². The molecular weight excluding hydrogens is 299 g/mol. The van der Waals surface area contributed by atoms with Crippen LogP contribution in [0.15, 0.2) is 0 Å². The van der Waals surface area contributed by atoms with Crippen molar-refractivity contribution in [2.45, 2.75) is 51.5 Å². The molecule has 17 heavy (non-hydrogen) atoms. The second kappa shape index (κ2) is 12.8. The maximum atomic E-state index is 9.65. The van der Waals surface area contributed by atoms with E-state index < -0.39 is 0 Å². The molecule has 1 atom stereocenters. The van der Waals surface area contributed by atoms with Gasteiger partial charge in [-0.2, -0.15) is 12.6 Å². The average molecular weight is 323 g/mol. The summed E-state index contributed by atoms with van der Waals surface area (Å²) in [4.78, 5) is 0. The first-order valence-corrected chi connectivity index (χ1v) is 7.67. The standard InChI is InChI=1S/C8H19NS.C3H5BBrNO/c1-3-4-5-6-8(2,9)7-10;5-2-1-3(6)4-7/h10H,3-7,9H2,1-2H3;6H,1-2H2. The number of alkyl halides is 1. The molecule has 0 aromatic heterocycles. The Morgan fingerprint density at radius 2 is 2.12 bits per heavy atom. The molecule has 0 amide bonds. The molecule has 0 spiro atoms. The first-order chi connectivity index (χ1) is 7.93. The first-order valence-electron chi connectivity index (χ1n) is 5.91. The number of thiol groups is 1. The zero-order chi connectivity index (χ0) is 13.7. The Morgan fingerprint density at radius 1 is 1.53 bits per heavy atom. The Morgan fingerprint density at radius 3 is 2.41 bits per heavy atom. The topological polar surface area (TPSA) is 66.9 Å². The molecule has 0 bridgehead atoms. The van der Waals surface area contributed by atoms with E-state index in [4.69, 9.17) is 11.1 Å². The van der Waals surface area contributed by atoms with E-state index in [1.54, 1.807) is 0 Å². The summed E-state index contributed by atoms with van der Waals surface area (Å²) < 4.78 is 9.65. The van der Waals surface area contributed by atoms with Gasteiger partial charge in [-0.05, 0) is 13.3 Å². The fourth-order valence-corrected chi connectivity index (χ4v) is 1.60.